The molecule has 1 amide bonds. The number of carbonyl (C=O) groups is 2. The Balaban J connectivity index is 2.20. The molecule has 4 nitrogen and oxygen atoms in total. The van der Waals surface area contributed by atoms with Crippen molar-refractivity contribution >= 4 is 40.8 Å². The number of anilines is 1. The summed E-state index contributed by atoms with van der Waals surface area (Å²) in [5.74, 6) is -2.41. The fraction of sp³-hybridized carbons (Fsp3) is 0.429. The molecule has 1 aromatic carbocycles. The van der Waals surface area contributed by atoms with E-state index >= 15 is 0 Å². The zero-order valence-corrected chi connectivity index (χ0v) is 12.5. The molecule has 1 saturated carbocycles. The summed E-state index contributed by atoms with van der Waals surface area (Å²) in [7, 11) is 0. The van der Waals surface area contributed by atoms with Crippen LogP contribution in [-0.4, -0.2) is 17.0 Å². The molecule has 2 atom stereocenters. The van der Waals surface area contributed by atoms with Crippen LogP contribution >= 0.6 is 23.2 Å². The molecule has 0 aromatic heterocycles. The Morgan fingerprint density at radius 3 is 2.55 bits per heavy atom. The maximum Gasteiger partial charge on any atom is 0.307 e. The van der Waals surface area contributed by atoms with Gasteiger partial charge < -0.3 is 10.4 Å². The molecule has 1 fully saturated rings. The van der Waals surface area contributed by atoms with Crippen molar-refractivity contribution in [2.24, 2.45) is 11.8 Å². The van der Waals surface area contributed by atoms with Gasteiger partial charge in [-0.2, -0.15) is 0 Å². The molecule has 1 aromatic rings. The van der Waals surface area contributed by atoms with Crippen LogP contribution in [0.2, 0.25) is 10.0 Å². The molecule has 6 heteroatoms. The van der Waals surface area contributed by atoms with E-state index in [-0.39, 0.29) is 5.91 Å². The summed E-state index contributed by atoms with van der Waals surface area (Å²) >= 11 is 12.2. The highest BCUT2D eigenvalue weighted by molar-refractivity contribution is 6.40. The molecule has 108 valence electrons. The van der Waals surface area contributed by atoms with E-state index in [2.05, 4.69) is 5.32 Å². The van der Waals surface area contributed by atoms with Crippen molar-refractivity contribution in [1.82, 2.24) is 0 Å². The van der Waals surface area contributed by atoms with Crippen LogP contribution in [0.15, 0.2) is 12.1 Å². The molecule has 2 unspecified atom stereocenters. The maximum atomic E-state index is 12.3. The van der Waals surface area contributed by atoms with Gasteiger partial charge in [0.05, 0.1) is 27.6 Å². The molecule has 0 heterocycles. The van der Waals surface area contributed by atoms with Crippen molar-refractivity contribution < 1.29 is 14.7 Å². The zero-order valence-electron chi connectivity index (χ0n) is 11.0. The lowest BCUT2D eigenvalue weighted by atomic mass is 9.95. The summed E-state index contributed by atoms with van der Waals surface area (Å²) in [4.78, 5) is 23.4. The lowest BCUT2D eigenvalue weighted by molar-refractivity contribution is -0.145. The number of amides is 1. The largest absolute Gasteiger partial charge is 0.481 e. The molecule has 2 rings (SSSR count). The molecular formula is C14H15Cl2NO3. The molecule has 20 heavy (non-hydrogen) atoms. The zero-order chi connectivity index (χ0) is 14.9. The molecule has 0 spiro atoms. The summed E-state index contributed by atoms with van der Waals surface area (Å²) in [6.07, 6.45) is 1.84. The van der Waals surface area contributed by atoms with E-state index in [0.29, 0.717) is 28.6 Å². The fourth-order valence-corrected chi connectivity index (χ4v) is 3.02. The minimum Gasteiger partial charge on any atom is -0.481 e. The average Bonchev–Trinajstić information content (AvgIpc) is 2.88. The number of carbonyl (C=O) groups excluding carboxylic acids is 1. The molecule has 0 saturated heterocycles. The van der Waals surface area contributed by atoms with Gasteiger partial charge in [-0.1, -0.05) is 35.7 Å². The minimum absolute atomic E-state index is 0.329. The first-order chi connectivity index (χ1) is 9.41. The smallest absolute Gasteiger partial charge is 0.307 e. The van der Waals surface area contributed by atoms with Gasteiger partial charge in [0.15, 0.2) is 0 Å². The fourth-order valence-electron chi connectivity index (χ4n) is 2.56. The Kier molecular flexibility index (Phi) is 4.55. The maximum absolute atomic E-state index is 12.3. The summed E-state index contributed by atoms with van der Waals surface area (Å²) in [5, 5.41) is 12.5. The van der Waals surface area contributed by atoms with Gasteiger partial charge in [-0.25, -0.2) is 0 Å². The number of rotatable bonds is 3. The quantitative estimate of drug-likeness (QED) is 0.892. The van der Waals surface area contributed by atoms with E-state index < -0.39 is 17.8 Å². The van der Waals surface area contributed by atoms with Crippen LogP contribution in [0.3, 0.4) is 0 Å². The first-order valence-corrected chi connectivity index (χ1v) is 7.15. The first kappa shape index (κ1) is 15.1. The Bertz CT molecular complexity index is 560. The number of nitrogens with one attached hydrogen (secondary N) is 1. The molecule has 1 aliphatic rings. The lowest BCUT2D eigenvalue weighted by Crippen LogP contribution is -2.30. The van der Waals surface area contributed by atoms with E-state index in [1.165, 1.54) is 0 Å². The minimum atomic E-state index is -0.927. The molecule has 0 radical (unpaired) electrons. The van der Waals surface area contributed by atoms with E-state index in [4.69, 9.17) is 28.3 Å². The number of aryl methyl sites for hydroxylation is 1. The average molecular weight is 316 g/mol. The Morgan fingerprint density at radius 1 is 1.25 bits per heavy atom. The molecule has 1 aliphatic carbocycles. The Morgan fingerprint density at radius 2 is 1.90 bits per heavy atom. The third-order valence-corrected chi connectivity index (χ3v) is 4.50. The number of aliphatic carboxylic acids is 1. The van der Waals surface area contributed by atoms with Crippen molar-refractivity contribution in [3.63, 3.8) is 0 Å². The van der Waals surface area contributed by atoms with Crippen LogP contribution in [0, 0.1) is 18.8 Å². The van der Waals surface area contributed by atoms with E-state index in [1.807, 2.05) is 6.92 Å². The van der Waals surface area contributed by atoms with Gasteiger partial charge in [-0.05, 0) is 31.4 Å². The summed E-state index contributed by atoms with van der Waals surface area (Å²) in [6.45, 7) is 1.81. The van der Waals surface area contributed by atoms with Gasteiger partial charge in [0.2, 0.25) is 5.91 Å². The summed E-state index contributed by atoms with van der Waals surface area (Å²) in [5.41, 5.74) is 1.15. The van der Waals surface area contributed by atoms with Gasteiger partial charge in [0.25, 0.3) is 0 Å². The van der Waals surface area contributed by atoms with Crippen LogP contribution in [0.5, 0.6) is 0 Å². The highest BCUT2D eigenvalue weighted by Crippen LogP contribution is 2.36. The van der Waals surface area contributed by atoms with E-state index in [0.717, 1.165) is 12.0 Å². The number of halogens is 2. The Labute approximate surface area is 127 Å². The topological polar surface area (TPSA) is 66.4 Å². The number of hydrogen-bond donors (Lipinski definition) is 2. The standard InChI is InChI=1S/C14H15Cl2NO3/c1-7-5-6-10(15)12(11(7)16)17-13(18)8-3-2-4-9(8)14(19)20/h5-6,8-9H,2-4H2,1H3,(H,17,18)(H,19,20). The Hall–Kier alpha value is -1.26. The monoisotopic (exact) mass is 315 g/mol. The normalized spacial score (nSPS) is 21.8. The highest BCUT2D eigenvalue weighted by atomic mass is 35.5. The SMILES string of the molecule is Cc1ccc(Cl)c(NC(=O)C2CCCC2C(=O)O)c1Cl. The molecular weight excluding hydrogens is 301 g/mol. The van der Waals surface area contributed by atoms with Gasteiger partial charge >= 0.3 is 5.97 Å². The van der Waals surface area contributed by atoms with Crippen LogP contribution < -0.4 is 5.32 Å². The second-order valence-electron chi connectivity index (χ2n) is 5.02. The van der Waals surface area contributed by atoms with Crippen LogP contribution in [0.1, 0.15) is 24.8 Å². The number of carboxylic acids is 1. The van der Waals surface area contributed by atoms with Gasteiger partial charge in [-0.3, -0.25) is 9.59 Å². The van der Waals surface area contributed by atoms with Crippen molar-refractivity contribution in [2.75, 3.05) is 5.32 Å². The van der Waals surface area contributed by atoms with Crippen LogP contribution in [0.25, 0.3) is 0 Å². The molecule has 0 aliphatic heterocycles. The predicted octanol–water partition coefficient (Wildman–Crippen LogP) is 3.74. The van der Waals surface area contributed by atoms with Crippen LogP contribution in [-0.2, 0) is 9.59 Å². The van der Waals surface area contributed by atoms with Crippen molar-refractivity contribution in [1.29, 1.82) is 0 Å². The van der Waals surface area contributed by atoms with E-state index in [1.54, 1.807) is 12.1 Å². The van der Waals surface area contributed by atoms with Crippen molar-refractivity contribution in [2.45, 2.75) is 26.2 Å². The second-order valence-corrected chi connectivity index (χ2v) is 5.81. The number of benzene rings is 1. The van der Waals surface area contributed by atoms with E-state index in [9.17, 15) is 9.59 Å². The third kappa shape index (κ3) is 2.91. The van der Waals surface area contributed by atoms with Crippen molar-refractivity contribution in [3.05, 3.63) is 27.7 Å². The van der Waals surface area contributed by atoms with Gasteiger partial charge in [0, 0.05) is 0 Å². The molecule has 2 N–H and O–H groups in total. The van der Waals surface area contributed by atoms with Crippen molar-refractivity contribution in [3.8, 4) is 0 Å². The summed E-state index contributed by atoms with van der Waals surface area (Å²) < 4.78 is 0. The molecule has 0 bridgehead atoms. The second kappa shape index (κ2) is 6.02. The van der Waals surface area contributed by atoms with Gasteiger partial charge in [0.1, 0.15) is 0 Å². The van der Waals surface area contributed by atoms with Crippen LogP contribution in [0.4, 0.5) is 5.69 Å². The summed E-state index contributed by atoms with van der Waals surface area (Å²) in [6, 6.07) is 3.41. The lowest BCUT2D eigenvalue weighted by Gasteiger charge is -2.17. The third-order valence-electron chi connectivity index (χ3n) is 3.70. The number of carboxylic acid groups (broad SMARTS) is 1. The first-order valence-electron chi connectivity index (χ1n) is 6.40. The highest BCUT2D eigenvalue weighted by Gasteiger charge is 2.38. The predicted molar refractivity (Wildman–Crippen MR) is 78.3 cm³/mol. The van der Waals surface area contributed by atoms with Gasteiger partial charge in [-0.15, -0.1) is 0 Å². The number of hydrogen-bond acceptors (Lipinski definition) is 2.